The molecule has 6 heteroatoms. The van der Waals surface area contributed by atoms with Gasteiger partial charge in [0.2, 0.25) is 0 Å². The van der Waals surface area contributed by atoms with Crippen molar-refractivity contribution in [3.8, 4) is 0 Å². The highest BCUT2D eigenvalue weighted by Crippen LogP contribution is 2.30. The van der Waals surface area contributed by atoms with Crippen LogP contribution < -0.4 is 5.32 Å². The van der Waals surface area contributed by atoms with Crippen LogP contribution >= 0.6 is 0 Å². The molecule has 2 aliphatic rings. The van der Waals surface area contributed by atoms with Crippen LogP contribution in [0.4, 0.5) is 5.82 Å². The molecule has 32 heavy (non-hydrogen) atoms. The van der Waals surface area contributed by atoms with E-state index >= 15 is 0 Å². The quantitative estimate of drug-likeness (QED) is 0.512. The molecule has 0 amide bonds. The maximum absolute atomic E-state index is 11.9. The van der Waals surface area contributed by atoms with Crippen molar-refractivity contribution in [1.29, 1.82) is 0 Å². The fraction of sp³-hybridized carbons (Fsp3) is 0.538. The Kier molecular flexibility index (Phi) is 7.76. The highest BCUT2D eigenvalue weighted by molar-refractivity contribution is 5.76. The summed E-state index contributed by atoms with van der Waals surface area (Å²) in [5.41, 5.74) is 4.52. The fourth-order valence-electron chi connectivity index (χ4n) is 4.74. The molecule has 0 saturated carbocycles. The third-order valence-electron chi connectivity index (χ3n) is 6.59. The van der Waals surface area contributed by atoms with Gasteiger partial charge < -0.3 is 15.2 Å². The Morgan fingerprint density at radius 2 is 2.06 bits per heavy atom. The molecule has 1 aromatic carbocycles. The van der Waals surface area contributed by atoms with Gasteiger partial charge in [0.05, 0.1) is 6.10 Å². The van der Waals surface area contributed by atoms with E-state index in [1.54, 1.807) is 0 Å². The number of benzene rings is 1. The van der Waals surface area contributed by atoms with E-state index in [1.807, 2.05) is 29.2 Å². The maximum atomic E-state index is 11.9. The number of rotatable bonds is 11. The number of fused-ring (bicyclic) bond motifs is 1. The summed E-state index contributed by atoms with van der Waals surface area (Å²) in [6, 6.07) is 11.7. The lowest BCUT2D eigenvalue weighted by molar-refractivity contribution is -0.151. The number of carboxylic acid groups (broad SMARTS) is 1. The number of nitrogens with one attached hydrogen (secondary N) is 1. The van der Waals surface area contributed by atoms with Crippen molar-refractivity contribution in [1.82, 2.24) is 9.88 Å². The molecule has 3 heterocycles. The zero-order chi connectivity index (χ0) is 22.3. The highest BCUT2D eigenvalue weighted by atomic mass is 16.5. The van der Waals surface area contributed by atoms with E-state index in [0.717, 1.165) is 68.6 Å². The van der Waals surface area contributed by atoms with Crippen molar-refractivity contribution in [2.24, 2.45) is 0 Å². The first kappa shape index (κ1) is 22.7. The van der Waals surface area contributed by atoms with E-state index in [9.17, 15) is 9.90 Å². The predicted octanol–water partition coefficient (Wildman–Crippen LogP) is 4.24. The molecule has 0 radical (unpaired) electrons. The molecule has 4 rings (SSSR count). The zero-order valence-corrected chi connectivity index (χ0v) is 19.1. The van der Waals surface area contributed by atoms with Gasteiger partial charge in [-0.2, -0.15) is 0 Å². The van der Waals surface area contributed by atoms with Crippen LogP contribution in [0, 0.1) is 0 Å². The number of likely N-dealkylation sites (tertiary alicyclic amines) is 1. The molecule has 0 spiro atoms. The van der Waals surface area contributed by atoms with Gasteiger partial charge in [0.15, 0.2) is 0 Å². The molecule has 0 aliphatic carbocycles. The molecule has 2 N–H and O–H groups in total. The van der Waals surface area contributed by atoms with Crippen molar-refractivity contribution in [3.05, 3.63) is 58.8 Å². The van der Waals surface area contributed by atoms with E-state index < -0.39 is 12.0 Å². The zero-order valence-electron chi connectivity index (χ0n) is 19.1. The summed E-state index contributed by atoms with van der Waals surface area (Å²) in [4.78, 5) is 18.7. The summed E-state index contributed by atoms with van der Waals surface area (Å²) in [7, 11) is 0. The number of hydrogen-bond acceptors (Lipinski definition) is 5. The molecule has 1 fully saturated rings. The van der Waals surface area contributed by atoms with Gasteiger partial charge in [-0.3, -0.25) is 9.69 Å². The lowest BCUT2D eigenvalue weighted by Crippen LogP contribution is -2.55. The van der Waals surface area contributed by atoms with Gasteiger partial charge in [0, 0.05) is 31.9 Å². The van der Waals surface area contributed by atoms with E-state index in [0.29, 0.717) is 13.1 Å². The third kappa shape index (κ3) is 5.48. The maximum Gasteiger partial charge on any atom is 0.325 e. The smallest absolute Gasteiger partial charge is 0.325 e. The largest absolute Gasteiger partial charge is 0.480 e. The summed E-state index contributed by atoms with van der Waals surface area (Å²) in [6.07, 6.45) is 7.55. The Bertz CT molecular complexity index is 911. The predicted molar refractivity (Wildman–Crippen MR) is 126 cm³/mol. The number of ether oxygens (including phenoxy) is 1. The number of unbranched alkanes of at least 4 members (excludes halogenated alkanes) is 2. The van der Waals surface area contributed by atoms with Crippen LogP contribution in [0.15, 0.2) is 36.4 Å². The summed E-state index contributed by atoms with van der Waals surface area (Å²) in [6.45, 7) is 5.19. The van der Waals surface area contributed by atoms with E-state index in [2.05, 4.69) is 24.4 Å². The molecule has 1 aromatic heterocycles. The standard InChI is InChI=1S/C26H35N3O3/c1-2-19-9-5-6-12-23(19)24(26(30)31)29-17-22(18-29)32-16-7-3-4-11-21-14-13-20-10-8-15-27-25(20)28-21/h5-6,9,12-14,22,24H,2-4,7-8,10-11,15-18H2,1H3,(H,27,28)(H,30,31). The first-order valence-electron chi connectivity index (χ1n) is 12.0. The number of aromatic nitrogens is 1. The van der Waals surface area contributed by atoms with Crippen LogP contribution in [0.5, 0.6) is 0 Å². The minimum Gasteiger partial charge on any atom is -0.480 e. The Hall–Kier alpha value is -2.44. The lowest BCUT2D eigenvalue weighted by Gasteiger charge is -2.42. The van der Waals surface area contributed by atoms with Crippen LogP contribution in [0.3, 0.4) is 0 Å². The molecule has 1 saturated heterocycles. The number of carbonyl (C=O) groups is 1. The SMILES string of the molecule is CCc1ccccc1C(C(=O)O)N1CC(OCCCCCc2ccc3c(n2)NCCC3)C1. The monoisotopic (exact) mass is 437 g/mol. The van der Waals surface area contributed by atoms with Crippen LogP contribution in [-0.2, 0) is 28.8 Å². The van der Waals surface area contributed by atoms with E-state index in [-0.39, 0.29) is 6.10 Å². The molecule has 0 bridgehead atoms. The number of aryl methyl sites for hydroxylation is 3. The van der Waals surface area contributed by atoms with Crippen molar-refractivity contribution < 1.29 is 14.6 Å². The van der Waals surface area contributed by atoms with Crippen molar-refractivity contribution in [2.45, 2.75) is 64.0 Å². The Labute approximate surface area is 191 Å². The van der Waals surface area contributed by atoms with Crippen LogP contribution in [-0.4, -0.2) is 53.3 Å². The number of anilines is 1. The normalized spacial score (nSPS) is 17.3. The van der Waals surface area contributed by atoms with Crippen LogP contribution in [0.1, 0.15) is 61.0 Å². The summed E-state index contributed by atoms with van der Waals surface area (Å²) < 4.78 is 6.00. The fourth-order valence-corrected chi connectivity index (χ4v) is 4.74. The first-order valence-corrected chi connectivity index (χ1v) is 12.0. The Balaban J connectivity index is 1.14. The van der Waals surface area contributed by atoms with Gasteiger partial charge in [0.25, 0.3) is 0 Å². The van der Waals surface area contributed by atoms with Crippen molar-refractivity contribution >= 4 is 11.8 Å². The van der Waals surface area contributed by atoms with Crippen LogP contribution in [0.25, 0.3) is 0 Å². The Morgan fingerprint density at radius 3 is 2.88 bits per heavy atom. The van der Waals surface area contributed by atoms with Gasteiger partial charge in [-0.1, -0.05) is 43.7 Å². The number of pyridine rings is 1. The van der Waals surface area contributed by atoms with Crippen LogP contribution in [0.2, 0.25) is 0 Å². The summed E-state index contributed by atoms with van der Waals surface area (Å²) in [5.74, 6) is 0.295. The molecule has 1 unspecified atom stereocenters. The number of carboxylic acids is 1. The topological polar surface area (TPSA) is 74.7 Å². The highest BCUT2D eigenvalue weighted by Gasteiger charge is 2.38. The average molecular weight is 438 g/mol. The van der Waals surface area contributed by atoms with E-state index in [4.69, 9.17) is 9.72 Å². The second kappa shape index (κ2) is 10.9. The van der Waals surface area contributed by atoms with Gasteiger partial charge >= 0.3 is 5.97 Å². The van der Waals surface area contributed by atoms with E-state index in [1.165, 1.54) is 17.7 Å². The average Bonchev–Trinajstić information content (AvgIpc) is 2.79. The van der Waals surface area contributed by atoms with Gasteiger partial charge in [-0.05, 0) is 61.3 Å². The van der Waals surface area contributed by atoms with Gasteiger partial charge in [-0.15, -0.1) is 0 Å². The van der Waals surface area contributed by atoms with Gasteiger partial charge in [-0.25, -0.2) is 4.98 Å². The van der Waals surface area contributed by atoms with Crippen molar-refractivity contribution in [2.75, 3.05) is 31.6 Å². The minimum absolute atomic E-state index is 0.138. The molecular weight excluding hydrogens is 402 g/mol. The second-order valence-corrected chi connectivity index (χ2v) is 8.89. The first-order chi connectivity index (χ1) is 15.7. The summed E-state index contributed by atoms with van der Waals surface area (Å²) in [5, 5.41) is 13.2. The van der Waals surface area contributed by atoms with Crippen molar-refractivity contribution in [3.63, 3.8) is 0 Å². The lowest BCUT2D eigenvalue weighted by atomic mass is 9.95. The molecule has 2 aliphatic heterocycles. The number of hydrogen-bond donors (Lipinski definition) is 2. The number of aliphatic carboxylic acids is 1. The molecular formula is C26H35N3O3. The molecule has 2 aromatic rings. The second-order valence-electron chi connectivity index (χ2n) is 8.89. The molecule has 6 nitrogen and oxygen atoms in total. The molecule has 172 valence electrons. The molecule has 1 atom stereocenters. The Morgan fingerprint density at radius 1 is 1.22 bits per heavy atom. The summed E-state index contributed by atoms with van der Waals surface area (Å²) >= 11 is 0. The minimum atomic E-state index is -0.782. The number of nitrogens with zero attached hydrogens (tertiary/aromatic N) is 2. The third-order valence-corrected chi connectivity index (χ3v) is 6.59. The van der Waals surface area contributed by atoms with Gasteiger partial charge in [0.1, 0.15) is 11.9 Å².